The van der Waals surface area contributed by atoms with E-state index in [2.05, 4.69) is 17.2 Å². The lowest BCUT2D eigenvalue weighted by Gasteiger charge is -2.21. The average molecular weight is 532 g/mol. The largest absolute Gasteiger partial charge is 0.468 e. The van der Waals surface area contributed by atoms with Crippen LogP contribution in [0.2, 0.25) is 0 Å². The average Bonchev–Trinajstić information content (AvgIpc) is 3.31. The Balaban J connectivity index is 1.84. The molecule has 2 atom stereocenters. The second kappa shape index (κ2) is 12.6. The van der Waals surface area contributed by atoms with Crippen LogP contribution in [0, 0.1) is 5.92 Å². The minimum atomic E-state index is -4.38. The molecule has 11 heteroatoms. The molecule has 3 N–H and O–H groups in total. The summed E-state index contributed by atoms with van der Waals surface area (Å²) in [5, 5.41) is 5.64. The number of amides is 1. The molecule has 192 valence electrons. The topological polar surface area (TPSA) is 135 Å². The Labute approximate surface area is 214 Å². The van der Waals surface area contributed by atoms with Crippen molar-refractivity contribution in [3.63, 3.8) is 0 Å². The summed E-state index contributed by atoms with van der Waals surface area (Å²) >= 11 is 1.43. The number of aryl methyl sites for hydroxylation is 1. The van der Waals surface area contributed by atoms with Crippen molar-refractivity contribution >= 4 is 39.2 Å². The lowest BCUT2D eigenvalue weighted by molar-refractivity contribution is -0.150. The first-order valence-electron chi connectivity index (χ1n) is 11.4. The first-order chi connectivity index (χ1) is 17.2. The van der Waals surface area contributed by atoms with Gasteiger partial charge in [-0.25, -0.2) is 4.98 Å². The van der Waals surface area contributed by atoms with Gasteiger partial charge < -0.3 is 10.1 Å². The van der Waals surface area contributed by atoms with Crippen molar-refractivity contribution in [2.45, 2.75) is 38.6 Å². The van der Waals surface area contributed by atoms with Gasteiger partial charge >= 0.3 is 16.3 Å². The molecule has 0 saturated heterocycles. The third-order valence-electron chi connectivity index (χ3n) is 5.42. The lowest BCUT2D eigenvalue weighted by Crippen LogP contribution is -2.40. The number of benzene rings is 2. The summed E-state index contributed by atoms with van der Waals surface area (Å²) in [7, 11) is -3.12. The van der Waals surface area contributed by atoms with Crippen LogP contribution < -0.4 is 10.0 Å². The fourth-order valence-electron chi connectivity index (χ4n) is 3.69. The third-order valence-corrected chi connectivity index (χ3v) is 6.92. The van der Waals surface area contributed by atoms with E-state index in [1.807, 2.05) is 40.4 Å². The maximum absolute atomic E-state index is 13.3. The first-order valence-corrected chi connectivity index (χ1v) is 13.7. The Kier molecular flexibility index (Phi) is 9.57. The van der Waals surface area contributed by atoms with E-state index in [1.54, 1.807) is 12.1 Å². The SMILES string of the molecule is CCCc1csc([C@H](Cc2ccc(NS(=O)(=O)O)cc2)NC(=O)[C@H](Cc2ccccc2)C(=O)OC)n1. The molecule has 0 bridgehead atoms. The quantitative estimate of drug-likeness (QED) is 0.184. The lowest BCUT2D eigenvalue weighted by atomic mass is 9.97. The van der Waals surface area contributed by atoms with Crippen LogP contribution in [0.5, 0.6) is 0 Å². The number of carbonyl (C=O) groups is 2. The molecule has 2 aromatic carbocycles. The number of methoxy groups -OCH3 is 1. The fourth-order valence-corrected chi connectivity index (χ4v) is 5.03. The van der Waals surface area contributed by atoms with Gasteiger partial charge in [-0.3, -0.25) is 18.9 Å². The van der Waals surface area contributed by atoms with Gasteiger partial charge in [-0.2, -0.15) is 8.42 Å². The van der Waals surface area contributed by atoms with Gasteiger partial charge in [0.05, 0.1) is 24.5 Å². The predicted octanol–water partition coefficient (Wildman–Crippen LogP) is 3.74. The molecule has 1 heterocycles. The molecule has 3 aromatic rings. The van der Waals surface area contributed by atoms with E-state index in [9.17, 15) is 18.0 Å². The van der Waals surface area contributed by atoms with Crippen LogP contribution in [0.4, 0.5) is 5.69 Å². The highest BCUT2D eigenvalue weighted by Gasteiger charge is 2.31. The van der Waals surface area contributed by atoms with Gasteiger partial charge in [-0.15, -0.1) is 11.3 Å². The molecule has 1 amide bonds. The smallest absolute Gasteiger partial charge is 0.357 e. The van der Waals surface area contributed by atoms with Crippen LogP contribution in [0.15, 0.2) is 60.0 Å². The van der Waals surface area contributed by atoms with Crippen LogP contribution in [0.1, 0.15) is 41.2 Å². The van der Waals surface area contributed by atoms with E-state index in [-0.39, 0.29) is 12.1 Å². The maximum Gasteiger partial charge on any atom is 0.357 e. The van der Waals surface area contributed by atoms with E-state index in [4.69, 9.17) is 9.29 Å². The Morgan fingerprint density at radius 3 is 2.33 bits per heavy atom. The van der Waals surface area contributed by atoms with Gasteiger partial charge in [-0.05, 0) is 42.5 Å². The molecule has 3 rings (SSSR count). The van der Waals surface area contributed by atoms with E-state index in [0.29, 0.717) is 11.4 Å². The van der Waals surface area contributed by atoms with Crippen molar-refractivity contribution in [2.24, 2.45) is 5.92 Å². The zero-order chi connectivity index (χ0) is 26.1. The van der Waals surface area contributed by atoms with Crippen molar-refractivity contribution in [3.05, 3.63) is 81.8 Å². The number of anilines is 1. The number of hydrogen-bond donors (Lipinski definition) is 3. The van der Waals surface area contributed by atoms with E-state index < -0.39 is 34.1 Å². The molecule has 0 aliphatic heterocycles. The highest BCUT2D eigenvalue weighted by Crippen LogP contribution is 2.25. The van der Waals surface area contributed by atoms with Crippen molar-refractivity contribution in [1.82, 2.24) is 10.3 Å². The van der Waals surface area contributed by atoms with Crippen molar-refractivity contribution in [2.75, 3.05) is 11.8 Å². The molecule has 0 fully saturated rings. The summed E-state index contributed by atoms with van der Waals surface area (Å²) in [4.78, 5) is 30.5. The normalized spacial score (nSPS) is 13.0. The van der Waals surface area contributed by atoms with E-state index >= 15 is 0 Å². The number of carbonyl (C=O) groups excluding carboxylic acids is 2. The zero-order valence-corrected chi connectivity index (χ0v) is 21.6. The van der Waals surface area contributed by atoms with Crippen molar-refractivity contribution in [1.29, 1.82) is 0 Å². The van der Waals surface area contributed by atoms with Gasteiger partial charge in [0.15, 0.2) is 0 Å². The minimum Gasteiger partial charge on any atom is -0.468 e. The van der Waals surface area contributed by atoms with Crippen molar-refractivity contribution in [3.8, 4) is 0 Å². The molecule has 0 aliphatic rings. The standard InChI is InChI=1S/C25H29N3O6S2/c1-3-7-20-16-35-24(26-20)22(15-18-10-12-19(13-11-18)28-36(31,32)33)27-23(29)21(25(30)34-2)14-17-8-5-4-6-9-17/h4-6,8-13,16,21-22,28H,3,7,14-15H2,1-2H3,(H,27,29)(H,31,32,33)/t21-,22-/m0/s1. The molecular formula is C25H29N3O6S2. The third kappa shape index (κ3) is 8.14. The molecule has 0 saturated carbocycles. The summed E-state index contributed by atoms with van der Waals surface area (Å²) in [5.74, 6) is -2.12. The van der Waals surface area contributed by atoms with Gasteiger partial charge in [0.2, 0.25) is 5.91 Å². The second-order valence-electron chi connectivity index (χ2n) is 8.23. The molecule has 0 spiro atoms. The Hall–Kier alpha value is -3.28. The van der Waals surface area contributed by atoms with Gasteiger partial charge in [0.1, 0.15) is 10.9 Å². The Morgan fingerprint density at radius 2 is 1.72 bits per heavy atom. The van der Waals surface area contributed by atoms with E-state index in [0.717, 1.165) is 29.7 Å². The Bertz CT molecular complexity index is 1260. The van der Waals surface area contributed by atoms with Gasteiger partial charge in [0.25, 0.3) is 0 Å². The summed E-state index contributed by atoms with van der Waals surface area (Å²) in [6, 6.07) is 15.1. The molecule has 0 aliphatic carbocycles. The second-order valence-corrected chi connectivity index (χ2v) is 10.3. The van der Waals surface area contributed by atoms with Gasteiger partial charge in [0, 0.05) is 5.38 Å². The van der Waals surface area contributed by atoms with Crippen LogP contribution >= 0.6 is 11.3 Å². The Morgan fingerprint density at radius 1 is 1.06 bits per heavy atom. The number of esters is 1. The zero-order valence-electron chi connectivity index (χ0n) is 20.0. The van der Waals surface area contributed by atoms with Gasteiger partial charge in [-0.1, -0.05) is 55.8 Å². The molecule has 1 aromatic heterocycles. The molecule has 0 unspecified atom stereocenters. The summed E-state index contributed by atoms with van der Waals surface area (Å²) < 4.78 is 38.0. The fraction of sp³-hybridized carbons (Fsp3) is 0.320. The highest BCUT2D eigenvalue weighted by molar-refractivity contribution is 7.87. The molecule has 36 heavy (non-hydrogen) atoms. The first kappa shape index (κ1) is 27.3. The van der Waals surface area contributed by atoms with Crippen LogP contribution in [-0.2, 0) is 43.9 Å². The number of rotatable bonds is 12. The van der Waals surface area contributed by atoms with Crippen LogP contribution in [-0.4, -0.2) is 36.9 Å². The number of hydrogen-bond acceptors (Lipinski definition) is 7. The number of aromatic nitrogens is 1. The number of nitrogens with zero attached hydrogens (tertiary/aromatic N) is 1. The summed E-state index contributed by atoms with van der Waals surface area (Å²) in [6.45, 7) is 2.06. The van der Waals surface area contributed by atoms with Crippen LogP contribution in [0.25, 0.3) is 0 Å². The van der Waals surface area contributed by atoms with Crippen molar-refractivity contribution < 1.29 is 27.3 Å². The van der Waals surface area contributed by atoms with E-state index in [1.165, 1.54) is 30.6 Å². The number of thiazole rings is 1. The highest BCUT2D eigenvalue weighted by atomic mass is 32.2. The molecule has 0 radical (unpaired) electrons. The number of ether oxygens (including phenoxy) is 1. The predicted molar refractivity (Wildman–Crippen MR) is 138 cm³/mol. The molecule has 9 nitrogen and oxygen atoms in total. The monoisotopic (exact) mass is 531 g/mol. The minimum absolute atomic E-state index is 0.195. The maximum atomic E-state index is 13.3. The summed E-state index contributed by atoms with van der Waals surface area (Å²) in [6.07, 6.45) is 2.30. The van der Waals surface area contributed by atoms with Crippen LogP contribution in [0.3, 0.4) is 0 Å². The summed E-state index contributed by atoms with van der Waals surface area (Å²) in [5.41, 5.74) is 2.76. The molecular weight excluding hydrogens is 502 g/mol. The number of nitrogens with one attached hydrogen (secondary N) is 2.